The summed E-state index contributed by atoms with van der Waals surface area (Å²) in [6.45, 7) is 8.68. The van der Waals surface area contributed by atoms with Gasteiger partial charge in [-0.25, -0.2) is 9.97 Å². The van der Waals surface area contributed by atoms with Gasteiger partial charge in [-0.1, -0.05) is 31.0 Å². The van der Waals surface area contributed by atoms with Crippen LogP contribution in [0.3, 0.4) is 0 Å². The Labute approximate surface area is 214 Å². The molecule has 0 bridgehead atoms. The van der Waals surface area contributed by atoms with Gasteiger partial charge in [0.1, 0.15) is 0 Å². The Kier molecular flexibility index (Phi) is 9.30. The van der Waals surface area contributed by atoms with Crippen molar-refractivity contribution in [1.82, 2.24) is 14.3 Å². The molecule has 1 aromatic carbocycles. The molecule has 1 N–H and O–H groups in total. The third kappa shape index (κ3) is 6.94. The van der Waals surface area contributed by atoms with E-state index in [0.29, 0.717) is 17.7 Å². The quantitative estimate of drug-likeness (QED) is 0.247. The van der Waals surface area contributed by atoms with Crippen LogP contribution in [0.4, 0.5) is 19.1 Å². The summed E-state index contributed by atoms with van der Waals surface area (Å²) in [6, 6.07) is 5.47. The first-order chi connectivity index (χ1) is 17.0. The highest BCUT2D eigenvalue weighted by Gasteiger charge is 2.35. The summed E-state index contributed by atoms with van der Waals surface area (Å²) in [4.78, 5) is 24.4. The Morgan fingerprint density at radius 1 is 1.28 bits per heavy atom. The molecule has 194 valence electrons. The van der Waals surface area contributed by atoms with Crippen LogP contribution in [0.2, 0.25) is 0 Å². The fourth-order valence-corrected chi connectivity index (χ4v) is 4.69. The van der Waals surface area contributed by atoms with Crippen LogP contribution in [0.15, 0.2) is 35.6 Å². The average molecular weight is 520 g/mol. The zero-order valence-electron chi connectivity index (χ0n) is 21.2. The number of rotatable bonds is 8. The van der Waals surface area contributed by atoms with Crippen LogP contribution in [0, 0.1) is 6.92 Å². The highest BCUT2D eigenvalue weighted by Crippen LogP contribution is 2.34. The van der Waals surface area contributed by atoms with Crippen molar-refractivity contribution in [2.75, 3.05) is 24.7 Å². The molecule has 1 fully saturated rings. The molecule has 6 nitrogen and oxygen atoms in total. The highest BCUT2D eigenvalue weighted by atomic mass is 32.2. The van der Waals surface area contributed by atoms with Crippen molar-refractivity contribution in [2.45, 2.75) is 59.2 Å². The molecule has 36 heavy (non-hydrogen) atoms. The lowest BCUT2D eigenvalue weighted by atomic mass is 9.98. The number of halogens is 3. The van der Waals surface area contributed by atoms with Gasteiger partial charge in [0, 0.05) is 42.8 Å². The van der Waals surface area contributed by atoms with Crippen LogP contribution in [0.1, 0.15) is 72.8 Å². The molecular weight excluding hydrogens is 487 g/mol. The lowest BCUT2D eigenvalue weighted by molar-refractivity contribution is -0.138. The number of alkyl halides is 3. The number of Topliss-reactive ketones (excluding diaryl/α,β-unsaturated/α-hetero) is 1. The van der Waals surface area contributed by atoms with E-state index in [1.54, 1.807) is 31.0 Å². The molecule has 3 rings (SSSR count). The molecule has 2 heterocycles. The van der Waals surface area contributed by atoms with Gasteiger partial charge in [0.15, 0.2) is 5.78 Å². The van der Waals surface area contributed by atoms with E-state index in [2.05, 4.69) is 24.6 Å². The molecule has 0 atom stereocenters. The number of aliphatic imine (C=N–C) groups is 1. The number of hydrogen-bond donors (Lipinski definition) is 1. The SMILES string of the molecule is CC/C(=N\C=C(/C)c1nc(NC2CCN(SC)CC2)ncc1C(F)(F)F)c1ccc(C(C)=O)cc1C. The summed E-state index contributed by atoms with van der Waals surface area (Å²) in [5, 5.41) is 3.21. The monoisotopic (exact) mass is 519 g/mol. The van der Waals surface area contributed by atoms with E-state index in [1.165, 1.54) is 13.1 Å². The van der Waals surface area contributed by atoms with E-state index >= 15 is 0 Å². The smallest absolute Gasteiger partial charge is 0.351 e. The zero-order chi connectivity index (χ0) is 26.5. The van der Waals surface area contributed by atoms with Crippen molar-refractivity contribution in [3.63, 3.8) is 0 Å². The third-order valence-corrected chi connectivity index (χ3v) is 7.09. The van der Waals surface area contributed by atoms with E-state index in [0.717, 1.165) is 43.3 Å². The average Bonchev–Trinajstić information content (AvgIpc) is 2.84. The second kappa shape index (κ2) is 12.0. The van der Waals surface area contributed by atoms with Crippen LogP contribution in [0.5, 0.6) is 0 Å². The fourth-order valence-electron chi connectivity index (χ4n) is 4.12. The molecule has 0 saturated carbocycles. The van der Waals surface area contributed by atoms with E-state index in [-0.39, 0.29) is 29.0 Å². The molecule has 0 unspecified atom stereocenters. The van der Waals surface area contributed by atoms with Crippen molar-refractivity contribution in [2.24, 2.45) is 4.99 Å². The van der Waals surface area contributed by atoms with Crippen molar-refractivity contribution in [3.8, 4) is 0 Å². The molecule has 0 aliphatic carbocycles. The minimum atomic E-state index is -4.59. The van der Waals surface area contributed by atoms with Crippen molar-refractivity contribution in [3.05, 3.63) is 58.5 Å². The summed E-state index contributed by atoms with van der Waals surface area (Å²) in [5.74, 6) is 0.154. The number of aromatic nitrogens is 2. The summed E-state index contributed by atoms with van der Waals surface area (Å²) >= 11 is 1.69. The van der Waals surface area contributed by atoms with Crippen LogP contribution >= 0.6 is 11.9 Å². The molecule has 1 saturated heterocycles. The molecule has 1 aliphatic rings. The maximum Gasteiger partial charge on any atom is 0.419 e. The number of carbonyl (C=O) groups excluding carboxylic acids is 1. The van der Waals surface area contributed by atoms with Crippen LogP contribution in [-0.2, 0) is 6.18 Å². The Hall–Kier alpha value is -2.72. The Bertz CT molecular complexity index is 1150. The standard InChI is InChI=1S/C26H32F3N5OS/c1-6-23(21-8-7-19(18(4)35)13-16(21)2)30-14-17(3)24-22(26(27,28)29)15-31-25(33-24)32-20-9-11-34(36-5)12-10-20/h7-8,13-15,20H,6,9-12H2,1-5H3,(H,31,32,33)/b17-14+,30-23+. The normalized spacial score (nSPS) is 16.3. The van der Waals surface area contributed by atoms with Gasteiger partial charge in [-0.2, -0.15) is 13.2 Å². The molecular formula is C26H32F3N5OS. The second-order valence-corrected chi connectivity index (χ2v) is 9.69. The number of piperidine rings is 1. The molecule has 1 aromatic heterocycles. The number of nitrogens with zero attached hydrogens (tertiary/aromatic N) is 4. The Morgan fingerprint density at radius 2 is 1.97 bits per heavy atom. The lowest BCUT2D eigenvalue weighted by Crippen LogP contribution is -2.35. The van der Waals surface area contributed by atoms with E-state index in [4.69, 9.17) is 0 Å². The lowest BCUT2D eigenvalue weighted by Gasteiger charge is -2.30. The number of aryl methyl sites for hydroxylation is 1. The maximum absolute atomic E-state index is 13.8. The zero-order valence-corrected chi connectivity index (χ0v) is 22.1. The predicted molar refractivity (Wildman–Crippen MR) is 140 cm³/mol. The second-order valence-electron chi connectivity index (χ2n) is 8.81. The largest absolute Gasteiger partial charge is 0.419 e. The Morgan fingerprint density at radius 3 is 2.53 bits per heavy atom. The van der Waals surface area contributed by atoms with Gasteiger partial charge < -0.3 is 5.32 Å². The maximum atomic E-state index is 13.8. The number of benzene rings is 1. The minimum Gasteiger partial charge on any atom is -0.351 e. The third-order valence-electron chi connectivity index (χ3n) is 6.21. The van der Waals surface area contributed by atoms with Gasteiger partial charge in [-0.3, -0.25) is 14.1 Å². The topological polar surface area (TPSA) is 70.5 Å². The van der Waals surface area contributed by atoms with E-state index < -0.39 is 11.7 Å². The van der Waals surface area contributed by atoms with Gasteiger partial charge in [0.25, 0.3) is 0 Å². The fraction of sp³-hybridized carbons (Fsp3) is 0.462. The summed E-state index contributed by atoms with van der Waals surface area (Å²) in [6.07, 6.45) is 2.00. The van der Waals surface area contributed by atoms with Crippen LogP contribution in [-0.4, -0.2) is 51.2 Å². The number of ketones is 1. The van der Waals surface area contributed by atoms with E-state index in [1.807, 2.05) is 26.2 Å². The predicted octanol–water partition coefficient (Wildman–Crippen LogP) is 6.42. The highest BCUT2D eigenvalue weighted by molar-refractivity contribution is 7.96. The number of nitrogens with one attached hydrogen (secondary N) is 1. The molecule has 0 spiro atoms. The molecule has 1 aliphatic heterocycles. The first-order valence-corrected chi connectivity index (χ1v) is 13.1. The minimum absolute atomic E-state index is 0.0296. The molecule has 2 aromatic rings. The summed E-state index contributed by atoms with van der Waals surface area (Å²) in [7, 11) is 0. The first-order valence-electron chi connectivity index (χ1n) is 11.9. The van der Waals surface area contributed by atoms with Crippen molar-refractivity contribution in [1.29, 1.82) is 0 Å². The summed E-state index contributed by atoms with van der Waals surface area (Å²) in [5.41, 5.74) is 2.25. The molecule has 0 radical (unpaired) electrons. The number of hydrogen-bond acceptors (Lipinski definition) is 7. The number of allylic oxidation sites excluding steroid dienone is 1. The van der Waals surface area contributed by atoms with Gasteiger partial charge in [0.05, 0.1) is 11.3 Å². The van der Waals surface area contributed by atoms with Crippen LogP contribution < -0.4 is 5.32 Å². The number of carbonyl (C=O) groups is 1. The first kappa shape index (κ1) is 27.9. The van der Waals surface area contributed by atoms with Gasteiger partial charge in [-0.15, -0.1) is 0 Å². The molecule has 0 amide bonds. The van der Waals surface area contributed by atoms with Crippen molar-refractivity contribution >= 4 is 35.0 Å². The van der Waals surface area contributed by atoms with Gasteiger partial charge >= 0.3 is 6.18 Å². The van der Waals surface area contributed by atoms with Gasteiger partial charge in [0.2, 0.25) is 5.95 Å². The Balaban J connectivity index is 1.91. The van der Waals surface area contributed by atoms with Crippen molar-refractivity contribution < 1.29 is 18.0 Å². The summed E-state index contributed by atoms with van der Waals surface area (Å²) < 4.78 is 43.6. The van der Waals surface area contributed by atoms with Gasteiger partial charge in [-0.05, 0) is 69.1 Å². The number of anilines is 1. The van der Waals surface area contributed by atoms with E-state index in [9.17, 15) is 18.0 Å². The van der Waals surface area contributed by atoms with Crippen LogP contribution in [0.25, 0.3) is 5.57 Å². The molecule has 10 heteroatoms.